The van der Waals surface area contributed by atoms with E-state index in [0.29, 0.717) is 6.61 Å². The highest BCUT2D eigenvalue weighted by molar-refractivity contribution is 7.21. The molecule has 0 radical (unpaired) electrons. The lowest BCUT2D eigenvalue weighted by Crippen LogP contribution is -1.92. The molecule has 0 saturated heterocycles. The van der Waals surface area contributed by atoms with Gasteiger partial charge in [-0.05, 0) is 11.4 Å². The molecule has 0 aliphatic carbocycles. The van der Waals surface area contributed by atoms with E-state index >= 15 is 0 Å². The van der Waals surface area contributed by atoms with Gasteiger partial charge in [0, 0.05) is 7.11 Å². The van der Waals surface area contributed by atoms with Crippen LogP contribution in [0.5, 0.6) is 0 Å². The van der Waals surface area contributed by atoms with Gasteiger partial charge in [0.15, 0.2) is 0 Å². The number of hydrogen-bond donors (Lipinski definition) is 1. The minimum Gasteiger partial charge on any atom is -0.391 e. The van der Waals surface area contributed by atoms with Gasteiger partial charge in [0.25, 0.3) is 0 Å². The van der Waals surface area contributed by atoms with Crippen molar-refractivity contribution in [3.63, 3.8) is 0 Å². The third kappa shape index (κ3) is 2.26. The van der Waals surface area contributed by atoms with E-state index in [9.17, 15) is 5.11 Å². The van der Waals surface area contributed by atoms with Crippen LogP contribution >= 0.6 is 22.7 Å². The number of aromatic nitrogens is 1. The van der Waals surface area contributed by atoms with E-state index in [2.05, 4.69) is 4.98 Å². The summed E-state index contributed by atoms with van der Waals surface area (Å²) in [6.07, 6.45) is 0. The van der Waals surface area contributed by atoms with Crippen LogP contribution < -0.4 is 0 Å². The van der Waals surface area contributed by atoms with Gasteiger partial charge in [0.05, 0.1) is 28.7 Å². The van der Waals surface area contributed by atoms with Gasteiger partial charge in [-0.15, -0.1) is 22.7 Å². The van der Waals surface area contributed by atoms with Crippen molar-refractivity contribution in [1.29, 1.82) is 0 Å². The van der Waals surface area contributed by atoms with Crippen molar-refractivity contribution in [3.05, 3.63) is 28.1 Å². The second kappa shape index (κ2) is 4.85. The van der Waals surface area contributed by atoms with Gasteiger partial charge >= 0.3 is 0 Å². The molecule has 0 saturated carbocycles. The van der Waals surface area contributed by atoms with Crippen LogP contribution in [0.15, 0.2) is 17.5 Å². The van der Waals surface area contributed by atoms with Gasteiger partial charge in [-0.2, -0.15) is 0 Å². The van der Waals surface area contributed by atoms with E-state index in [1.165, 1.54) is 11.3 Å². The van der Waals surface area contributed by atoms with Crippen molar-refractivity contribution < 1.29 is 9.84 Å². The summed E-state index contributed by atoms with van der Waals surface area (Å²) in [5.74, 6) is 0. The van der Waals surface area contributed by atoms with Crippen molar-refractivity contribution in [3.8, 4) is 9.88 Å². The molecule has 0 amide bonds. The number of ether oxygens (including phenoxy) is 1. The number of aliphatic hydroxyl groups excluding tert-OH is 1. The minimum absolute atomic E-state index is 0.0295. The molecule has 0 aromatic carbocycles. The Morgan fingerprint density at radius 1 is 1.53 bits per heavy atom. The summed E-state index contributed by atoms with van der Waals surface area (Å²) in [4.78, 5) is 6.48. The van der Waals surface area contributed by atoms with Gasteiger partial charge in [-0.3, -0.25) is 0 Å². The Hall–Kier alpha value is -0.750. The molecule has 0 aliphatic rings. The molecule has 0 bridgehead atoms. The lowest BCUT2D eigenvalue weighted by atomic mass is 10.4. The van der Waals surface area contributed by atoms with Gasteiger partial charge in [0.1, 0.15) is 5.01 Å². The molecular formula is C10H11NO2S2. The lowest BCUT2D eigenvalue weighted by Gasteiger charge is -1.95. The van der Waals surface area contributed by atoms with Crippen molar-refractivity contribution in [1.82, 2.24) is 4.98 Å². The monoisotopic (exact) mass is 241 g/mol. The fraction of sp³-hybridized carbons (Fsp3) is 0.300. The Kier molecular flexibility index (Phi) is 3.48. The molecule has 0 aliphatic heterocycles. The number of hydrogen-bond acceptors (Lipinski definition) is 5. The molecule has 0 unspecified atom stereocenters. The fourth-order valence-corrected chi connectivity index (χ4v) is 2.98. The molecule has 0 fully saturated rings. The summed E-state index contributed by atoms with van der Waals surface area (Å²) in [5.41, 5.74) is 0.841. The average Bonchev–Trinajstić information content (AvgIpc) is 2.84. The van der Waals surface area contributed by atoms with E-state index in [0.717, 1.165) is 20.5 Å². The Morgan fingerprint density at radius 3 is 3.00 bits per heavy atom. The normalized spacial score (nSPS) is 10.8. The second-order valence-electron chi connectivity index (χ2n) is 2.96. The van der Waals surface area contributed by atoms with E-state index in [4.69, 9.17) is 4.74 Å². The molecule has 15 heavy (non-hydrogen) atoms. The first-order valence-electron chi connectivity index (χ1n) is 4.47. The molecule has 5 heteroatoms. The molecule has 3 nitrogen and oxygen atoms in total. The molecule has 2 rings (SSSR count). The summed E-state index contributed by atoms with van der Waals surface area (Å²) >= 11 is 3.18. The maximum absolute atomic E-state index is 9.17. The van der Waals surface area contributed by atoms with Crippen LogP contribution in [0.25, 0.3) is 9.88 Å². The van der Waals surface area contributed by atoms with Crippen LogP contribution in [-0.4, -0.2) is 17.2 Å². The SMILES string of the molecule is COCc1nc(-c2cccs2)sc1CO. The maximum atomic E-state index is 9.17. The number of thiophene rings is 1. The predicted molar refractivity (Wildman–Crippen MR) is 62.1 cm³/mol. The highest BCUT2D eigenvalue weighted by atomic mass is 32.1. The molecule has 80 valence electrons. The molecule has 2 heterocycles. The average molecular weight is 241 g/mol. The molecule has 1 N–H and O–H groups in total. The van der Waals surface area contributed by atoms with Crippen molar-refractivity contribution in [2.24, 2.45) is 0 Å². The fourth-order valence-electron chi connectivity index (χ4n) is 1.26. The Labute approximate surface area is 96.0 Å². The highest BCUT2D eigenvalue weighted by Gasteiger charge is 2.11. The standard InChI is InChI=1S/C10H11NO2S2/c1-13-6-7-9(5-12)15-10(11-7)8-3-2-4-14-8/h2-4,12H,5-6H2,1H3. The zero-order valence-corrected chi connectivity index (χ0v) is 9.90. The van der Waals surface area contributed by atoms with Gasteiger partial charge in [0.2, 0.25) is 0 Å². The number of thiazole rings is 1. The first-order chi connectivity index (χ1) is 7.35. The molecule has 2 aromatic rings. The largest absolute Gasteiger partial charge is 0.391 e. The summed E-state index contributed by atoms with van der Waals surface area (Å²) in [5, 5.41) is 12.2. The number of aliphatic hydroxyl groups is 1. The van der Waals surface area contributed by atoms with Crippen LogP contribution in [0.2, 0.25) is 0 Å². The number of nitrogens with zero attached hydrogens (tertiary/aromatic N) is 1. The summed E-state index contributed by atoms with van der Waals surface area (Å²) in [7, 11) is 1.63. The number of rotatable bonds is 4. The smallest absolute Gasteiger partial charge is 0.134 e. The zero-order chi connectivity index (χ0) is 10.7. The topological polar surface area (TPSA) is 42.4 Å². The van der Waals surface area contributed by atoms with Gasteiger partial charge in [-0.25, -0.2) is 4.98 Å². The highest BCUT2D eigenvalue weighted by Crippen LogP contribution is 2.31. The minimum atomic E-state index is 0.0295. The Bertz CT molecular complexity index is 423. The van der Waals surface area contributed by atoms with Crippen molar-refractivity contribution >= 4 is 22.7 Å². The van der Waals surface area contributed by atoms with Gasteiger partial charge < -0.3 is 9.84 Å². The molecule has 0 atom stereocenters. The van der Waals surface area contributed by atoms with E-state index in [1.807, 2.05) is 17.5 Å². The third-order valence-electron chi connectivity index (χ3n) is 1.93. The third-order valence-corrected chi connectivity index (χ3v) is 4.06. The zero-order valence-electron chi connectivity index (χ0n) is 8.27. The Morgan fingerprint density at radius 2 is 2.40 bits per heavy atom. The van der Waals surface area contributed by atoms with Crippen LogP contribution in [0.1, 0.15) is 10.6 Å². The van der Waals surface area contributed by atoms with E-state index < -0.39 is 0 Å². The van der Waals surface area contributed by atoms with Crippen LogP contribution in [0, 0.1) is 0 Å². The molecule has 2 aromatic heterocycles. The maximum Gasteiger partial charge on any atom is 0.134 e. The van der Waals surface area contributed by atoms with Crippen LogP contribution in [-0.2, 0) is 18.0 Å². The summed E-state index contributed by atoms with van der Waals surface area (Å²) < 4.78 is 5.04. The first kappa shape index (κ1) is 10.8. The number of methoxy groups -OCH3 is 1. The lowest BCUT2D eigenvalue weighted by molar-refractivity contribution is 0.179. The van der Waals surface area contributed by atoms with Gasteiger partial charge in [-0.1, -0.05) is 6.07 Å². The Balaban J connectivity index is 2.34. The first-order valence-corrected chi connectivity index (χ1v) is 6.17. The summed E-state index contributed by atoms with van der Waals surface area (Å²) in [6.45, 7) is 0.486. The van der Waals surface area contributed by atoms with Crippen LogP contribution in [0.4, 0.5) is 0 Å². The quantitative estimate of drug-likeness (QED) is 0.894. The van der Waals surface area contributed by atoms with E-state index in [1.54, 1.807) is 18.4 Å². The van der Waals surface area contributed by atoms with E-state index in [-0.39, 0.29) is 6.61 Å². The second-order valence-corrected chi connectivity index (χ2v) is 4.99. The van der Waals surface area contributed by atoms with Crippen molar-refractivity contribution in [2.75, 3.05) is 7.11 Å². The molecular weight excluding hydrogens is 230 g/mol. The summed E-state index contributed by atoms with van der Waals surface area (Å²) in [6, 6.07) is 4.03. The van der Waals surface area contributed by atoms with Crippen molar-refractivity contribution in [2.45, 2.75) is 13.2 Å². The molecule has 0 spiro atoms. The van der Waals surface area contributed by atoms with Crippen LogP contribution in [0.3, 0.4) is 0 Å². The predicted octanol–water partition coefficient (Wildman–Crippen LogP) is 2.51.